The quantitative estimate of drug-likeness (QED) is 0.587. The first-order chi connectivity index (χ1) is 14.8. The molecule has 0 aromatic heterocycles. The van der Waals surface area contributed by atoms with Crippen LogP contribution in [0.3, 0.4) is 0 Å². The number of non-ortho nitro benzene ring substituents is 1. The van der Waals surface area contributed by atoms with Crippen LogP contribution in [0.4, 0.5) is 15.8 Å². The second-order valence-corrected chi connectivity index (χ2v) is 8.57. The number of benzene rings is 2. The molecule has 2 unspecified atom stereocenters. The number of nitro groups is 1. The van der Waals surface area contributed by atoms with Crippen LogP contribution in [0.5, 0.6) is 0 Å². The third-order valence-electron chi connectivity index (χ3n) is 6.38. The van der Waals surface area contributed by atoms with E-state index in [0.717, 1.165) is 36.4 Å². The molecule has 2 aromatic rings. The summed E-state index contributed by atoms with van der Waals surface area (Å²) in [5.74, 6) is -0.717. The zero-order valence-corrected chi connectivity index (χ0v) is 17.8. The number of hydrogen-bond acceptors (Lipinski definition) is 5. The van der Waals surface area contributed by atoms with E-state index in [9.17, 15) is 19.3 Å². The molecule has 0 spiro atoms. The SMILES string of the molecule is CC(C)N1CCN2c3ccc([N+](=O)[O-])cc3CC(C(=O)NCc3ccc(F)cc3)C2C1. The summed E-state index contributed by atoms with van der Waals surface area (Å²) in [5, 5.41) is 14.3. The van der Waals surface area contributed by atoms with Crippen molar-refractivity contribution < 1.29 is 14.1 Å². The van der Waals surface area contributed by atoms with E-state index in [4.69, 9.17) is 0 Å². The van der Waals surface area contributed by atoms with E-state index in [2.05, 4.69) is 29.0 Å². The topological polar surface area (TPSA) is 78.7 Å². The fourth-order valence-electron chi connectivity index (χ4n) is 4.64. The molecule has 2 aliphatic rings. The Balaban J connectivity index is 1.59. The molecule has 1 fully saturated rings. The van der Waals surface area contributed by atoms with Crippen molar-refractivity contribution in [3.05, 3.63) is 69.5 Å². The smallest absolute Gasteiger partial charge is 0.269 e. The lowest BCUT2D eigenvalue weighted by Crippen LogP contribution is -2.62. The molecule has 2 atom stereocenters. The number of halogens is 1. The molecular weight excluding hydrogens is 399 g/mol. The van der Waals surface area contributed by atoms with Gasteiger partial charge in [-0.05, 0) is 49.6 Å². The van der Waals surface area contributed by atoms with Gasteiger partial charge in [-0.1, -0.05) is 12.1 Å². The standard InChI is InChI=1S/C23H27FN4O3/c1-15(2)26-9-10-27-21-8-7-19(28(30)31)11-17(21)12-20(22(27)14-26)23(29)25-13-16-3-5-18(24)6-4-16/h3-8,11,15,20,22H,9-10,12-14H2,1-2H3,(H,25,29). The zero-order chi connectivity index (χ0) is 22.1. The molecule has 0 radical (unpaired) electrons. The zero-order valence-electron chi connectivity index (χ0n) is 17.8. The van der Waals surface area contributed by atoms with Crippen molar-refractivity contribution in [1.29, 1.82) is 0 Å². The molecule has 0 bridgehead atoms. The van der Waals surface area contributed by atoms with Crippen molar-refractivity contribution in [2.24, 2.45) is 5.92 Å². The maximum atomic E-state index is 13.2. The van der Waals surface area contributed by atoms with Crippen LogP contribution in [-0.4, -0.2) is 47.4 Å². The Bertz CT molecular complexity index is 979. The van der Waals surface area contributed by atoms with Gasteiger partial charge >= 0.3 is 0 Å². The van der Waals surface area contributed by atoms with Crippen molar-refractivity contribution in [2.45, 2.75) is 38.9 Å². The average molecular weight is 426 g/mol. The van der Waals surface area contributed by atoms with Crippen LogP contribution < -0.4 is 10.2 Å². The van der Waals surface area contributed by atoms with Gasteiger partial charge in [0.05, 0.1) is 16.9 Å². The Morgan fingerprint density at radius 3 is 2.65 bits per heavy atom. The number of rotatable bonds is 5. The summed E-state index contributed by atoms with van der Waals surface area (Å²) < 4.78 is 13.1. The second kappa shape index (κ2) is 8.63. The van der Waals surface area contributed by atoms with Crippen molar-refractivity contribution in [3.8, 4) is 0 Å². The lowest BCUT2D eigenvalue weighted by molar-refractivity contribution is -0.384. The highest BCUT2D eigenvalue weighted by molar-refractivity contribution is 5.82. The van der Waals surface area contributed by atoms with Gasteiger partial charge in [-0.2, -0.15) is 0 Å². The Labute approximate surface area is 181 Å². The fourth-order valence-corrected chi connectivity index (χ4v) is 4.64. The highest BCUT2D eigenvalue weighted by Gasteiger charge is 2.42. The maximum Gasteiger partial charge on any atom is 0.269 e. The molecule has 0 saturated carbocycles. The van der Waals surface area contributed by atoms with Crippen molar-refractivity contribution in [1.82, 2.24) is 10.2 Å². The number of piperazine rings is 1. The summed E-state index contributed by atoms with van der Waals surface area (Å²) in [4.78, 5) is 28.7. The molecular formula is C23H27FN4O3. The molecule has 1 amide bonds. The van der Waals surface area contributed by atoms with Crippen molar-refractivity contribution in [2.75, 3.05) is 24.5 Å². The molecule has 7 nitrogen and oxygen atoms in total. The molecule has 1 N–H and O–H groups in total. The molecule has 31 heavy (non-hydrogen) atoms. The van der Waals surface area contributed by atoms with Crippen LogP contribution >= 0.6 is 0 Å². The summed E-state index contributed by atoms with van der Waals surface area (Å²) in [6, 6.07) is 11.4. The highest BCUT2D eigenvalue weighted by atomic mass is 19.1. The Hall–Kier alpha value is -3.00. The number of nitrogens with one attached hydrogen (secondary N) is 1. The lowest BCUT2D eigenvalue weighted by atomic mass is 9.83. The van der Waals surface area contributed by atoms with Crippen LogP contribution in [0.25, 0.3) is 0 Å². The number of nitrogens with zero attached hydrogens (tertiary/aromatic N) is 3. The monoisotopic (exact) mass is 426 g/mol. The average Bonchev–Trinajstić information content (AvgIpc) is 2.77. The molecule has 2 heterocycles. The van der Waals surface area contributed by atoms with Crippen LogP contribution in [0.1, 0.15) is 25.0 Å². The Morgan fingerprint density at radius 2 is 1.97 bits per heavy atom. The van der Waals surface area contributed by atoms with E-state index in [0.29, 0.717) is 19.0 Å². The number of nitro benzene ring substituents is 1. The van der Waals surface area contributed by atoms with Gasteiger partial charge in [-0.15, -0.1) is 0 Å². The third-order valence-corrected chi connectivity index (χ3v) is 6.38. The molecule has 1 saturated heterocycles. The van der Waals surface area contributed by atoms with Crippen LogP contribution in [0.2, 0.25) is 0 Å². The van der Waals surface area contributed by atoms with E-state index in [1.54, 1.807) is 24.3 Å². The van der Waals surface area contributed by atoms with Crippen LogP contribution in [-0.2, 0) is 17.8 Å². The van der Waals surface area contributed by atoms with Gasteiger partial charge in [-0.25, -0.2) is 4.39 Å². The van der Waals surface area contributed by atoms with Gasteiger partial charge in [0.15, 0.2) is 0 Å². The lowest BCUT2D eigenvalue weighted by Gasteiger charge is -2.50. The molecule has 0 aliphatic carbocycles. The van der Waals surface area contributed by atoms with E-state index in [-0.39, 0.29) is 29.4 Å². The van der Waals surface area contributed by atoms with E-state index in [1.807, 2.05) is 6.07 Å². The van der Waals surface area contributed by atoms with Crippen LogP contribution in [0.15, 0.2) is 42.5 Å². The molecule has 2 aromatic carbocycles. The summed E-state index contributed by atoms with van der Waals surface area (Å²) >= 11 is 0. The number of hydrogen-bond donors (Lipinski definition) is 1. The number of carbonyl (C=O) groups is 1. The molecule has 2 aliphatic heterocycles. The van der Waals surface area contributed by atoms with Crippen molar-refractivity contribution in [3.63, 3.8) is 0 Å². The predicted molar refractivity (Wildman–Crippen MR) is 116 cm³/mol. The second-order valence-electron chi connectivity index (χ2n) is 8.57. The summed E-state index contributed by atoms with van der Waals surface area (Å²) in [5.41, 5.74) is 2.70. The number of carbonyl (C=O) groups excluding carboxylic acids is 1. The number of fused-ring (bicyclic) bond motifs is 3. The van der Waals surface area contributed by atoms with Crippen molar-refractivity contribution >= 4 is 17.3 Å². The number of amides is 1. The third kappa shape index (κ3) is 4.39. The normalized spacial score (nSPS) is 20.8. The Morgan fingerprint density at radius 1 is 1.23 bits per heavy atom. The van der Waals surface area contributed by atoms with Gasteiger partial charge in [0, 0.05) is 50.0 Å². The van der Waals surface area contributed by atoms with E-state index < -0.39 is 4.92 Å². The van der Waals surface area contributed by atoms with E-state index in [1.165, 1.54) is 12.1 Å². The molecule has 8 heteroatoms. The minimum atomic E-state index is -0.396. The minimum Gasteiger partial charge on any atom is -0.365 e. The largest absolute Gasteiger partial charge is 0.365 e. The predicted octanol–water partition coefficient (Wildman–Crippen LogP) is 3.12. The highest BCUT2D eigenvalue weighted by Crippen LogP contribution is 2.38. The fraction of sp³-hybridized carbons (Fsp3) is 0.435. The van der Waals surface area contributed by atoms with Gasteiger partial charge < -0.3 is 10.2 Å². The summed E-state index contributed by atoms with van der Waals surface area (Å²) in [7, 11) is 0. The Kier molecular flexibility index (Phi) is 5.91. The van der Waals surface area contributed by atoms with Gasteiger partial charge in [0.2, 0.25) is 5.91 Å². The minimum absolute atomic E-state index is 0.00155. The van der Waals surface area contributed by atoms with Gasteiger partial charge in [0.25, 0.3) is 5.69 Å². The molecule has 4 rings (SSSR count). The molecule has 164 valence electrons. The summed E-state index contributed by atoms with van der Waals surface area (Å²) in [6.45, 7) is 7.05. The summed E-state index contributed by atoms with van der Waals surface area (Å²) in [6.07, 6.45) is 0.458. The first-order valence-electron chi connectivity index (χ1n) is 10.6. The number of anilines is 1. The van der Waals surface area contributed by atoms with Gasteiger partial charge in [-0.3, -0.25) is 19.8 Å². The first kappa shape index (κ1) is 21.2. The van der Waals surface area contributed by atoms with Crippen LogP contribution in [0, 0.1) is 21.8 Å². The van der Waals surface area contributed by atoms with E-state index >= 15 is 0 Å². The first-order valence-corrected chi connectivity index (χ1v) is 10.6. The van der Waals surface area contributed by atoms with Gasteiger partial charge in [0.1, 0.15) is 5.82 Å². The maximum absolute atomic E-state index is 13.2.